The summed E-state index contributed by atoms with van der Waals surface area (Å²) in [7, 11) is 1.60. The van der Waals surface area contributed by atoms with E-state index in [1.165, 1.54) is 0 Å². The highest BCUT2D eigenvalue weighted by molar-refractivity contribution is 5.76. The molecule has 22 heavy (non-hydrogen) atoms. The lowest BCUT2D eigenvalue weighted by molar-refractivity contribution is 0.129. The maximum atomic E-state index is 5.49. The van der Waals surface area contributed by atoms with Crippen LogP contribution in [0.4, 0.5) is 0 Å². The predicted molar refractivity (Wildman–Crippen MR) is 87.0 cm³/mol. The Morgan fingerprint density at radius 3 is 2.82 bits per heavy atom. The third kappa shape index (κ3) is 3.86. The van der Waals surface area contributed by atoms with Crippen LogP contribution < -0.4 is 4.74 Å². The van der Waals surface area contributed by atoms with Crippen LogP contribution in [-0.4, -0.2) is 18.3 Å². The Hall–Kier alpha value is -2.80. The normalized spacial score (nSPS) is 10.5. The largest absolute Gasteiger partial charge is 0.496 e. The smallest absolute Gasteiger partial charge is 0.147 e. The van der Waals surface area contributed by atoms with Gasteiger partial charge in [-0.3, -0.25) is 4.98 Å². The Bertz CT molecular complexity index is 710. The van der Waals surface area contributed by atoms with Gasteiger partial charge in [0.25, 0.3) is 0 Å². The number of hydrogen-bond acceptors (Lipinski definition) is 4. The number of nitrogens with zero attached hydrogens (tertiary/aromatic N) is 2. The molecule has 0 saturated carbocycles. The average Bonchev–Trinajstić information content (AvgIpc) is 2.50. The van der Waals surface area contributed by atoms with Crippen molar-refractivity contribution in [2.24, 2.45) is 5.16 Å². The number of hydrogen-bond donors (Lipinski definition) is 0. The van der Waals surface area contributed by atoms with Crippen LogP contribution in [0.3, 0.4) is 0 Å². The van der Waals surface area contributed by atoms with Crippen molar-refractivity contribution in [3.05, 3.63) is 58.4 Å². The molecule has 0 unspecified atom stereocenters. The molecule has 0 aliphatic carbocycles. The van der Waals surface area contributed by atoms with Gasteiger partial charge in [-0.05, 0) is 43.7 Å². The summed E-state index contributed by atoms with van der Waals surface area (Å²) in [6, 6.07) is 9.48. The molecule has 4 nitrogen and oxygen atoms in total. The average molecular weight is 294 g/mol. The number of pyridine rings is 1. The number of benzene rings is 1. The highest BCUT2D eigenvalue weighted by Crippen LogP contribution is 2.22. The fourth-order valence-corrected chi connectivity index (χ4v) is 2.17. The first-order valence-electron chi connectivity index (χ1n) is 6.87. The van der Waals surface area contributed by atoms with Gasteiger partial charge in [0.05, 0.1) is 19.0 Å². The Morgan fingerprint density at radius 1 is 1.32 bits per heavy atom. The van der Waals surface area contributed by atoms with E-state index in [1.54, 1.807) is 13.3 Å². The molecule has 0 saturated heterocycles. The minimum Gasteiger partial charge on any atom is -0.496 e. The van der Waals surface area contributed by atoms with Crippen molar-refractivity contribution < 1.29 is 9.57 Å². The highest BCUT2D eigenvalue weighted by atomic mass is 16.6. The lowest BCUT2D eigenvalue weighted by atomic mass is 10.1. The monoisotopic (exact) mass is 294 g/mol. The summed E-state index contributed by atoms with van der Waals surface area (Å²) in [6.45, 7) is 4.20. The van der Waals surface area contributed by atoms with Crippen LogP contribution in [0.2, 0.25) is 0 Å². The van der Waals surface area contributed by atoms with Gasteiger partial charge in [-0.15, -0.1) is 6.42 Å². The Kier molecular flexibility index (Phi) is 5.16. The molecule has 0 amide bonds. The Labute approximate surface area is 130 Å². The maximum absolute atomic E-state index is 5.49. The number of methoxy groups -OCH3 is 1. The summed E-state index contributed by atoms with van der Waals surface area (Å²) in [5, 5.41) is 3.96. The number of rotatable bonds is 5. The van der Waals surface area contributed by atoms with E-state index in [2.05, 4.69) is 16.1 Å². The van der Waals surface area contributed by atoms with Gasteiger partial charge in [-0.1, -0.05) is 17.1 Å². The van der Waals surface area contributed by atoms with E-state index in [1.807, 2.05) is 44.2 Å². The van der Waals surface area contributed by atoms with E-state index in [-0.39, 0.29) is 6.61 Å². The molecule has 4 heteroatoms. The zero-order valence-electron chi connectivity index (χ0n) is 13.0. The van der Waals surface area contributed by atoms with Crippen molar-refractivity contribution in [2.45, 2.75) is 20.5 Å². The fourth-order valence-electron chi connectivity index (χ4n) is 2.17. The molecule has 0 spiro atoms. The molecular formula is C18H18N2O2. The quantitative estimate of drug-likeness (QED) is 0.483. The predicted octanol–water partition coefficient (Wildman–Crippen LogP) is 3.24. The zero-order chi connectivity index (χ0) is 15.9. The lowest BCUT2D eigenvalue weighted by Gasteiger charge is -2.09. The Morgan fingerprint density at radius 2 is 2.14 bits per heavy atom. The molecule has 2 rings (SSSR count). The molecule has 1 aromatic carbocycles. The van der Waals surface area contributed by atoms with Gasteiger partial charge in [0, 0.05) is 16.8 Å². The fraction of sp³-hybridized carbons (Fsp3) is 0.222. The molecule has 0 atom stereocenters. The topological polar surface area (TPSA) is 43.7 Å². The van der Waals surface area contributed by atoms with E-state index < -0.39 is 0 Å². The van der Waals surface area contributed by atoms with Crippen LogP contribution in [-0.2, 0) is 11.4 Å². The number of oxime groups is 1. The van der Waals surface area contributed by atoms with Gasteiger partial charge < -0.3 is 9.57 Å². The molecule has 0 radical (unpaired) electrons. The van der Waals surface area contributed by atoms with Crippen LogP contribution in [0.5, 0.6) is 5.75 Å². The maximum Gasteiger partial charge on any atom is 0.147 e. The standard InChI is InChI=1S/C18H18N2O2/c1-5-15-7-6-8-18(21-4)17(15)12-22-19-11-16-10-13(2)9-14(3)20-16/h1,6-11H,12H2,2-4H3/b19-11+. The minimum atomic E-state index is 0.241. The second-order valence-electron chi connectivity index (χ2n) is 4.85. The van der Waals surface area contributed by atoms with E-state index in [9.17, 15) is 0 Å². The molecule has 1 heterocycles. The van der Waals surface area contributed by atoms with Gasteiger partial charge in [0.15, 0.2) is 0 Å². The SMILES string of the molecule is C#Cc1cccc(OC)c1CO/N=C/c1cc(C)cc(C)n1. The van der Waals surface area contributed by atoms with Crippen LogP contribution in [0.1, 0.15) is 28.1 Å². The first kappa shape index (κ1) is 15.6. The molecular weight excluding hydrogens is 276 g/mol. The molecule has 0 aliphatic heterocycles. The number of aromatic nitrogens is 1. The summed E-state index contributed by atoms with van der Waals surface area (Å²) in [6.07, 6.45) is 7.08. The molecule has 0 bridgehead atoms. The number of aryl methyl sites for hydroxylation is 2. The summed E-state index contributed by atoms with van der Waals surface area (Å²) in [5.74, 6) is 3.31. The van der Waals surface area contributed by atoms with Gasteiger partial charge in [-0.25, -0.2) is 0 Å². The number of terminal acetylenes is 1. The third-order valence-electron chi connectivity index (χ3n) is 3.09. The van der Waals surface area contributed by atoms with Crippen LogP contribution in [0.25, 0.3) is 0 Å². The van der Waals surface area contributed by atoms with Gasteiger partial charge >= 0.3 is 0 Å². The second-order valence-corrected chi connectivity index (χ2v) is 4.85. The van der Waals surface area contributed by atoms with Gasteiger partial charge in [-0.2, -0.15) is 0 Å². The van der Waals surface area contributed by atoms with Crippen molar-refractivity contribution in [1.82, 2.24) is 4.98 Å². The number of ether oxygens (including phenoxy) is 1. The molecule has 0 fully saturated rings. The minimum absolute atomic E-state index is 0.241. The van der Waals surface area contributed by atoms with E-state index in [0.717, 1.165) is 28.1 Å². The summed E-state index contributed by atoms with van der Waals surface area (Å²) >= 11 is 0. The van der Waals surface area contributed by atoms with Crippen LogP contribution in [0.15, 0.2) is 35.5 Å². The molecule has 2 aromatic rings. The first-order chi connectivity index (χ1) is 10.6. The molecule has 1 aromatic heterocycles. The van der Waals surface area contributed by atoms with Crippen LogP contribution in [0, 0.1) is 26.2 Å². The zero-order valence-corrected chi connectivity index (χ0v) is 13.0. The summed E-state index contributed by atoms with van der Waals surface area (Å²) in [5.41, 5.74) is 4.38. The molecule has 0 N–H and O–H groups in total. The lowest BCUT2D eigenvalue weighted by Crippen LogP contribution is -1.98. The van der Waals surface area contributed by atoms with Crippen molar-refractivity contribution in [3.63, 3.8) is 0 Å². The summed E-state index contributed by atoms with van der Waals surface area (Å²) in [4.78, 5) is 9.70. The van der Waals surface area contributed by atoms with Crippen molar-refractivity contribution in [1.29, 1.82) is 0 Å². The van der Waals surface area contributed by atoms with Crippen molar-refractivity contribution >= 4 is 6.21 Å². The van der Waals surface area contributed by atoms with Gasteiger partial charge in [0.1, 0.15) is 12.4 Å². The van der Waals surface area contributed by atoms with Crippen LogP contribution >= 0.6 is 0 Å². The van der Waals surface area contributed by atoms with Crippen molar-refractivity contribution in [2.75, 3.05) is 7.11 Å². The highest BCUT2D eigenvalue weighted by Gasteiger charge is 2.07. The molecule has 112 valence electrons. The summed E-state index contributed by atoms with van der Waals surface area (Å²) < 4.78 is 5.29. The second kappa shape index (κ2) is 7.28. The first-order valence-corrected chi connectivity index (χ1v) is 6.87. The molecule has 0 aliphatic rings. The van der Waals surface area contributed by atoms with E-state index in [0.29, 0.717) is 5.75 Å². The van der Waals surface area contributed by atoms with E-state index >= 15 is 0 Å². The third-order valence-corrected chi connectivity index (χ3v) is 3.09. The van der Waals surface area contributed by atoms with Crippen molar-refractivity contribution in [3.8, 4) is 18.1 Å². The Balaban J connectivity index is 2.08. The van der Waals surface area contributed by atoms with E-state index in [4.69, 9.17) is 16.0 Å². The van der Waals surface area contributed by atoms with Gasteiger partial charge in [0.2, 0.25) is 0 Å².